The van der Waals surface area contributed by atoms with E-state index in [0.29, 0.717) is 23.9 Å². The fraction of sp³-hybridized carbons (Fsp3) is 0.206. The number of hydrazone groups is 1. The second-order valence-corrected chi connectivity index (χ2v) is 12.4. The summed E-state index contributed by atoms with van der Waals surface area (Å²) < 4.78 is 15.7. The number of nitrogens with zero attached hydrogens (tertiary/aromatic N) is 5. The number of hydrogen-bond acceptors (Lipinski definition) is 7. The van der Waals surface area contributed by atoms with Crippen LogP contribution in [-0.4, -0.2) is 43.1 Å². The predicted octanol–water partition coefficient (Wildman–Crippen LogP) is 6.05. The quantitative estimate of drug-likeness (QED) is 0.168. The van der Waals surface area contributed by atoms with Crippen LogP contribution in [0.2, 0.25) is 0 Å². The average Bonchev–Trinajstić information content (AvgIpc) is 3.83. The van der Waals surface area contributed by atoms with Gasteiger partial charge in [0.05, 0.1) is 35.3 Å². The molecule has 11 heteroatoms. The Hall–Kier alpha value is -4.61. The van der Waals surface area contributed by atoms with E-state index in [2.05, 4.69) is 27.6 Å². The van der Waals surface area contributed by atoms with Gasteiger partial charge in [0.15, 0.2) is 11.0 Å². The summed E-state index contributed by atoms with van der Waals surface area (Å²) >= 11 is 2.87. The van der Waals surface area contributed by atoms with Crippen LogP contribution < -0.4 is 5.32 Å². The third kappa shape index (κ3) is 7.73. The normalized spacial score (nSPS) is 14.4. The Labute approximate surface area is 269 Å². The molecule has 1 aliphatic rings. The number of aryl methyl sites for hydroxylation is 1. The summed E-state index contributed by atoms with van der Waals surface area (Å²) in [6.07, 6.45) is 1.55. The highest BCUT2D eigenvalue weighted by Gasteiger charge is 2.33. The van der Waals surface area contributed by atoms with Crippen molar-refractivity contribution in [1.82, 2.24) is 25.1 Å². The van der Waals surface area contributed by atoms with Crippen LogP contribution in [0, 0.1) is 5.82 Å². The smallest absolute Gasteiger partial charge is 0.253 e. The van der Waals surface area contributed by atoms with Gasteiger partial charge in [0, 0.05) is 13.0 Å². The van der Waals surface area contributed by atoms with Crippen molar-refractivity contribution >= 4 is 40.6 Å². The zero-order valence-corrected chi connectivity index (χ0v) is 26.0. The number of thiophene rings is 1. The van der Waals surface area contributed by atoms with Crippen molar-refractivity contribution in [2.24, 2.45) is 5.10 Å². The minimum atomic E-state index is -0.331. The van der Waals surface area contributed by atoms with Crippen molar-refractivity contribution in [3.63, 3.8) is 0 Å². The largest absolute Gasteiger partial charge is 0.349 e. The van der Waals surface area contributed by atoms with Crippen molar-refractivity contribution in [1.29, 1.82) is 0 Å². The highest BCUT2D eigenvalue weighted by Crippen LogP contribution is 2.34. The lowest BCUT2D eigenvalue weighted by Gasteiger charge is -2.22. The second kappa shape index (κ2) is 14.4. The van der Waals surface area contributed by atoms with Crippen LogP contribution >= 0.6 is 23.1 Å². The molecule has 0 unspecified atom stereocenters. The highest BCUT2D eigenvalue weighted by molar-refractivity contribution is 7.99. The summed E-state index contributed by atoms with van der Waals surface area (Å²) in [6, 6.07) is 29.5. The molecule has 0 fully saturated rings. The molecule has 0 saturated heterocycles. The Morgan fingerprint density at radius 1 is 0.911 bits per heavy atom. The summed E-state index contributed by atoms with van der Waals surface area (Å²) in [7, 11) is 0. The van der Waals surface area contributed by atoms with Gasteiger partial charge in [0.2, 0.25) is 5.91 Å². The van der Waals surface area contributed by atoms with Gasteiger partial charge in [-0.05, 0) is 46.7 Å². The number of benzene rings is 3. The standard InChI is InChI=1S/C34H31FN6O2S2/c35-27-15-13-26(14-16-27)29-21-28(30-12-7-19-44-30)39-41(29)33(43)23-45-34-38-37-31(40(34)18-17-24-8-3-1-4-9-24)22-36-32(42)20-25-10-5-2-6-11-25/h1-16,19,29H,17-18,20-23H2,(H,36,42)/t29-/m1/s1. The first kappa shape index (κ1) is 30.4. The van der Waals surface area contributed by atoms with E-state index in [-0.39, 0.29) is 42.4 Å². The van der Waals surface area contributed by atoms with Gasteiger partial charge in [-0.25, -0.2) is 9.40 Å². The molecule has 8 nitrogen and oxygen atoms in total. The molecule has 2 amide bonds. The van der Waals surface area contributed by atoms with E-state index in [0.717, 1.165) is 33.7 Å². The molecule has 6 rings (SSSR count). The molecular weight excluding hydrogens is 608 g/mol. The van der Waals surface area contributed by atoms with Gasteiger partial charge < -0.3 is 9.88 Å². The van der Waals surface area contributed by atoms with Crippen molar-refractivity contribution in [3.8, 4) is 0 Å². The van der Waals surface area contributed by atoms with Gasteiger partial charge in [-0.3, -0.25) is 9.59 Å². The Kier molecular flexibility index (Phi) is 9.77. The number of rotatable bonds is 12. The minimum absolute atomic E-state index is 0.0861. The van der Waals surface area contributed by atoms with Crippen LogP contribution in [0.4, 0.5) is 4.39 Å². The fourth-order valence-corrected chi connectivity index (χ4v) is 6.71. The van der Waals surface area contributed by atoms with Crippen LogP contribution in [-0.2, 0) is 35.5 Å². The molecule has 0 radical (unpaired) electrons. The summed E-state index contributed by atoms with van der Waals surface area (Å²) in [5, 5.41) is 20.6. The monoisotopic (exact) mass is 638 g/mol. The third-order valence-corrected chi connectivity index (χ3v) is 9.33. The Bertz CT molecular complexity index is 1760. The van der Waals surface area contributed by atoms with Gasteiger partial charge in [0.1, 0.15) is 5.82 Å². The molecule has 3 heterocycles. The number of amides is 2. The van der Waals surface area contributed by atoms with Crippen molar-refractivity contribution in [2.75, 3.05) is 5.75 Å². The summed E-state index contributed by atoms with van der Waals surface area (Å²) in [5.41, 5.74) is 3.75. The topological polar surface area (TPSA) is 92.5 Å². The molecule has 3 aromatic carbocycles. The molecule has 5 aromatic rings. The van der Waals surface area contributed by atoms with Crippen molar-refractivity contribution in [3.05, 3.63) is 136 Å². The van der Waals surface area contributed by atoms with E-state index in [4.69, 9.17) is 5.10 Å². The zero-order chi connectivity index (χ0) is 31.0. The van der Waals surface area contributed by atoms with Crippen LogP contribution in [0.15, 0.2) is 113 Å². The fourth-order valence-electron chi connectivity index (χ4n) is 5.16. The summed E-state index contributed by atoms with van der Waals surface area (Å²) in [6.45, 7) is 0.801. The van der Waals surface area contributed by atoms with Crippen LogP contribution in [0.5, 0.6) is 0 Å². The average molecular weight is 639 g/mol. The molecule has 1 N–H and O–H groups in total. The maximum atomic E-state index is 13.7. The first-order chi connectivity index (χ1) is 22.0. The Morgan fingerprint density at radius 3 is 2.36 bits per heavy atom. The van der Waals surface area contributed by atoms with Crippen LogP contribution in [0.25, 0.3) is 0 Å². The lowest BCUT2D eigenvalue weighted by molar-refractivity contribution is -0.130. The van der Waals surface area contributed by atoms with E-state index in [9.17, 15) is 14.0 Å². The predicted molar refractivity (Wildman–Crippen MR) is 174 cm³/mol. The Morgan fingerprint density at radius 2 is 1.64 bits per heavy atom. The minimum Gasteiger partial charge on any atom is -0.349 e. The van der Waals surface area contributed by atoms with Crippen molar-refractivity contribution < 1.29 is 14.0 Å². The molecule has 45 heavy (non-hydrogen) atoms. The van der Waals surface area contributed by atoms with Gasteiger partial charge in [-0.1, -0.05) is 90.6 Å². The second-order valence-electron chi connectivity index (χ2n) is 10.5. The third-order valence-electron chi connectivity index (χ3n) is 7.46. The van der Waals surface area contributed by atoms with E-state index in [1.165, 1.54) is 28.9 Å². The maximum absolute atomic E-state index is 13.7. The van der Waals surface area contributed by atoms with Crippen molar-refractivity contribution in [2.45, 2.75) is 43.6 Å². The van der Waals surface area contributed by atoms with E-state index in [1.54, 1.807) is 23.5 Å². The molecule has 1 atom stereocenters. The van der Waals surface area contributed by atoms with Gasteiger partial charge in [-0.2, -0.15) is 5.10 Å². The molecule has 0 aliphatic carbocycles. The first-order valence-electron chi connectivity index (χ1n) is 14.6. The van der Waals surface area contributed by atoms with Crippen LogP contribution in [0.1, 0.15) is 39.9 Å². The molecule has 0 saturated carbocycles. The number of halogens is 1. The van der Waals surface area contributed by atoms with Gasteiger partial charge in [-0.15, -0.1) is 21.5 Å². The Balaban J connectivity index is 1.17. The first-order valence-corrected chi connectivity index (χ1v) is 16.5. The molecule has 0 bridgehead atoms. The van der Waals surface area contributed by atoms with E-state index in [1.807, 2.05) is 70.6 Å². The number of carbonyl (C=O) groups is 2. The molecule has 0 spiro atoms. The van der Waals surface area contributed by atoms with Gasteiger partial charge in [0.25, 0.3) is 5.91 Å². The number of aromatic nitrogens is 3. The molecule has 228 valence electrons. The highest BCUT2D eigenvalue weighted by atomic mass is 32.2. The molecule has 1 aliphatic heterocycles. The van der Waals surface area contributed by atoms with Crippen LogP contribution in [0.3, 0.4) is 0 Å². The number of thioether (sulfide) groups is 1. The number of hydrogen-bond donors (Lipinski definition) is 1. The SMILES string of the molecule is O=C(Cc1ccccc1)NCc1nnc(SCC(=O)N2N=C(c3cccs3)C[C@@H]2c2ccc(F)cc2)n1CCc1ccccc1. The lowest BCUT2D eigenvalue weighted by atomic mass is 10.0. The molecular formula is C34H31FN6O2S2. The molecule has 2 aromatic heterocycles. The summed E-state index contributed by atoms with van der Waals surface area (Å²) in [5.74, 6) is 0.0831. The van der Waals surface area contributed by atoms with E-state index >= 15 is 0 Å². The van der Waals surface area contributed by atoms with E-state index < -0.39 is 0 Å². The van der Waals surface area contributed by atoms with Gasteiger partial charge >= 0.3 is 0 Å². The summed E-state index contributed by atoms with van der Waals surface area (Å²) in [4.78, 5) is 27.4. The zero-order valence-electron chi connectivity index (χ0n) is 24.4. The number of nitrogens with one attached hydrogen (secondary N) is 1. The maximum Gasteiger partial charge on any atom is 0.253 e. The lowest BCUT2D eigenvalue weighted by Crippen LogP contribution is -2.29. The number of carbonyl (C=O) groups excluding carboxylic acids is 2.